The van der Waals surface area contributed by atoms with Crippen LogP contribution < -0.4 is 5.32 Å². The van der Waals surface area contributed by atoms with Crippen molar-refractivity contribution in [3.63, 3.8) is 0 Å². The highest BCUT2D eigenvalue weighted by molar-refractivity contribution is 6.33. The maximum absolute atomic E-state index is 13.7. The summed E-state index contributed by atoms with van der Waals surface area (Å²) in [6.45, 7) is 7.47. The summed E-state index contributed by atoms with van der Waals surface area (Å²) in [4.78, 5) is 0. The topological polar surface area (TPSA) is 17.0 Å². The second-order valence-corrected chi connectivity index (χ2v) is 5.15. The maximum Gasteiger partial charge on any atom is 0.150 e. The zero-order valence-electron chi connectivity index (χ0n) is 11.7. The molecule has 0 atom stereocenters. The predicted octanol–water partition coefficient (Wildman–Crippen LogP) is 4.67. The molecule has 1 aromatic carbocycles. The Kier molecular flexibility index (Phi) is 4.33. The Hall–Kier alpha value is -1.55. The maximum atomic E-state index is 13.7. The summed E-state index contributed by atoms with van der Waals surface area (Å²) in [5.74, 6) is -1.36. The fourth-order valence-corrected chi connectivity index (χ4v) is 2.69. The Morgan fingerprint density at radius 3 is 2.45 bits per heavy atom. The normalized spacial score (nSPS) is 10.9. The predicted molar refractivity (Wildman–Crippen MR) is 78.3 cm³/mol. The minimum atomic E-state index is -0.681. The Morgan fingerprint density at radius 1 is 1.20 bits per heavy atom. The molecule has 2 aromatic rings. The molecule has 0 amide bonds. The first-order valence-corrected chi connectivity index (χ1v) is 6.85. The van der Waals surface area contributed by atoms with E-state index in [9.17, 15) is 8.78 Å². The number of aromatic nitrogens is 1. The van der Waals surface area contributed by atoms with Crippen molar-refractivity contribution < 1.29 is 8.78 Å². The number of aryl methyl sites for hydroxylation is 1. The van der Waals surface area contributed by atoms with Gasteiger partial charge in [0.15, 0.2) is 5.82 Å². The van der Waals surface area contributed by atoms with Gasteiger partial charge >= 0.3 is 0 Å². The smallest absolute Gasteiger partial charge is 0.150 e. The Morgan fingerprint density at radius 2 is 1.90 bits per heavy atom. The lowest BCUT2D eigenvalue weighted by atomic mass is 10.2. The molecule has 1 aromatic heterocycles. The number of hydrogen-bond acceptors (Lipinski definition) is 1. The van der Waals surface area contributed by atoms with Crippen molar-refractivity contribution in [1.29, 1.82) is 0 Å². The van der Waals surface area contributed by atoms with Crippen LogP contribution in [0.1, 0.15) is 23.9 Å². The van der Waals surface area contributed by atoms with E-state index in [0.717, 1.165) is 35.6 Å². The van der Waals surface area contributed by atoms with E-state index in [2.05, 4.69) is 22.9 Å². The number of anilines is 1. The van der Waals surface area contributed by atoms with Crippen LogP contribution in [0.3, 0.4) is 0 Å². The van der Waals surface area contributed by atoms with Gasteiger partial charge in [-0.05, 0) is 38.5 Å². The van der Waals surface area contributed by atoms with Crippen LogP contribution in [-0.4, -0.2) is 4.57 Å². The Balaban J connectivity index is 2.21. The average Bonchev–Trinajstić information content (AvgIpc) is 2.62. The average molecular weight is 299 g/mol. The molecule has 108 valence electrons. The minimum Gasteiger partial charge on any atom is -0.377 e. The SMILES string of the molecule is CCn1c(C)cc(CNc2c(F)cc(F)cc2Cl)c1C. The van der Waals surface area contributed by atoms with E-state index in [4.69, 9.17) is 11.6 Å². The van der Waals surface area contributed by atoms with Crippen molar-refractivity contribution in [2.24, 2.45) is 0 Å². The van der Waals surface area contributed by atoms with Crippen molar-refractivity contribution in [2.75, 3.05) is 5.32 Å². The van der Waals surface area contributed by atoms with Gasteiger partial charge in [0.2, 0.25) is 0 Å². The summed E-state index contributed by atoms with van der Waals surface area (Å²) in [7, 11) is 0. The van der Waals surface area contributed by atoms with Crippen molar-refractivity contribution in [1.82, 2.24) is 4.57 Å². The summed E-state index contributed by atoms with van der Waals surface area (Å²) in [5, 5.41) is 2.99. The van der Waals surface area contributed by atoms with Gasteiger partial charge in [-0.1, -0.05) is 11.6 Å². The quantitative estimate of drug-likeness (QED) is 0.868. The number of nitrogens with zero attached hydrogens (tertiary/aromatic N) is 1. The largest absolute Gasteiger partial charge is 0.377 e. The van der Waals surface area contributed by atoms with Gasteiger partial charge in [-0.25, -0.2) is 8.78 Å². The standard InChI is InChI=1S/C15H17ClF2N2/c1-4-20-9(2)5-11(10(20)3)8-19-15-13(16)6-12(17)7-14(15)18/h5-7,19H,4,8H2,1-3H3. The summed E-state index contributed by atoms with van der Waals surface area (Å²) in [6.07, 6.45) is 0. The van der Waals surface area contributed by atoms with Crippen molar-refractivity contribution in [3.05, 3.63) is 51.8 Å². The number of hydrogen-bond donors (Lipinski definition) is 1. The molecule has 0 fully saturated rings. The van der Waals surface area contributed by atoms with E-state index in [-0.39, 0.29) is 10.7 Å². The summed E-state index contributed by atoms with van der Waals surface area (Å²) >= 11 is 5.86. The second kappa shape index (κ2) is 5.83. The van der Waals surface area contributed by atoms with Crippen molar-refractivity contribution in [2.45, 2.75) is 33.9 Å². The molecule has 5 heteroatoms. The van der Waals surface area contributed by atoms with Gasteiger partial charge in [-0.3, -0.25) is 0 Å². The molecule has 20 heavy (non-hydrogen) atoms. The molecule has 1 heterocycles. The molecule has 0 unspecified atom stereocenters. The number of rotatable bonds is 4. The molecule has 0 saturated carbocycles. The minimum absolute atomic E-state index is 0.0480. The summed E-state index contributed by atoms with van der Waals surface area (Å²) < 4.78 is 28.8. The third-order valence-corrected chi connectivity index (χ3v) is 3.76. The third kappa shape index (κ3) is 2.80. The van der Waals surface area contributed by atoms with E-state index in [1.54, 1.807) is 0 Å². The van der Waals surface area contributed by atoms with E-state index >= 15 is 0 Å². The van der Waals surface area contributed by atoms with E-state index < -0.39 is 11.6 Å². The lowest BCUT2D eigenvalue weighted by molar-refractivity contribution is 0.585. The van der Waals surface area contributed by atoms with Gasteiger partial charge in [0.05, 0.1) is 10.7 Å². The molecule has 0 spiro atoms. The molecule has 2 nitrogen and oxygen atoms in total. The van der Waals surface area contributed by atoms with E-state index in [1.165, 1.54) is 0 Å². The molecule has 0 aliphatic heterocycles. The van der Waals surface area contributed by atoms with Crippen molar-refractivity contribution >= 4 is 17.3 Å². The second-order valence-electron chi connectivity index (χ2n) is 4.74. The van der Waals surface area contributed by atoms with Crippen LogP contribution in [0.15, 0.2) is 18.2 Å². The summed E-state index contributed by atoms with van der Waals surface area (Å²) in [6, 6.07) is 3.98. The van der Waals surface area contributed by atoms with E-state index in [1.807, 2.05) is 13.8 Å². The molecular formula is C15H17ClF2N2. The van der Waals surface area contributed by atoms with Crippen LogP contribution in [-0.2, 0) is 13.1 Å². The first-order valence-electron chi connectivity index (χ1n) is 6.48. The Labute approximate surface area is 122 Å². The molecular weight excluding hydrogens is 282 g/mol. The first kappa shape index (κ1) is 14.9. The fraction of sp³-hybridized carbons (Fsp3) is 0.333. The van der Waals surface area contributed by atoms with E-state index in [0.29, 0.717) is 6.54 Å². The van der Waals surface area contributed by atoms with Gasteiger partial charge in [0.1, 0.15) is 5.82 Å². The lowest BCUT2D eigenvalue weighted by Gasteiger charge is -2.10. The first-order chi connectivity index (χ1) is 9.43. The molecule has 0 aliphatic rings. The third-order valence-electron chi connectivity index (χ3n) is 3.46. The molecule has 1 N–H and O–H groups in total. The zero-order chi connectivity index (χ0) is 14.9. The van der Waals surface area contributed by atoms with Crippen LogP contribution >= 0.6 is 11.6 Å². The van der Waals surface area contributed by atoms with Crippen LogP contribution in [0.2, 0.25) is 5.02 Å². The summed E-state index contributed by atoms with van der Waals surface area (Å²) in [5.41, 5.74) is 3.50. The number of nitrogens with one attached hydrogen (secondary N) is 1. The van der Waals surface area contributed by atoms with Crippen LogP contribution in [0, 0.1) is 25.5 Å². The van der Waals surface area contributed by atoms with Gasteiger partial charge < -0.3 is 9.88 Å². The molecule has 0 saturated heterocycles. The molecule has 2 rings (SSSR count). The van der Waals surface area contributed by atoms with Crippen LogP contribution in [0.4, 0.5) is 14.5 Å². The molecule has 0 aliphatic carbocycles. The van der Waals surface area contributed by atoms with Gasteiger partial charge in [0.25, 0.3) is 0 Å². The van der Waals surface area contributed by atoms with Crippen LogP contribution in [0.25, 0.3) is 0 Å². The van der Waals surface area contributed by atoms with Gasteiger partial charge in [-0.2, -0.15) is 0 Å². The Bertz CT molecular complexity index is 612. The van der Waals surface area contributed by atoms with Gasteiger partial charge in [0, 0.05) is 30.5 Å². The number of benzene rings is 1. The number of halogens is 3. The van der Waals surface area contributed by atoms with Gasteiger partial charge in [-0.15, -0.1) is 0 Å². The van der Waals surface area contributed by atoms with Crippen molar-refractivity contribution in [3.8, 4) is 0 Å². The highest BCUT2D eigenvalue weighted by atomic mass is 35.5. The fourth-order valence-electron chi connectivity index (χ4n) is 2.43. The zero-order valence-corrected chi connectivity index (χ0v) is 12.5. The van der Waals surface area contributed by atoms with Crippen LogP contribution in [0.5, 0.6) is 0 Å². The lowest BCUT2D eigenvalue weighted by Crippen LogP contribution is -2.05. The molecule has 0 bridgehead atoms. The highest BCUT2D eigenvalue weighted by Crippen LogP contribution is 2.27. The monoisotopic (exact) mass is 298 g/mol. The highest BCUT2D eigenvalue weighted by Gasteiger charge is 2.12. The molecule has 0 radical (unpaired) electrons.